The van der Waals surface area contributed by atoms with Gasteiger partial charge in [-0.2, -0.15) is 0 Å². The highest BCUT2D eigenvalue weighted by molar-refractivity contribution is 8.13. The first-order valence-electron chi connectivity index (χ1n) is 6.68. The summed E-state index contributed by atoms with van der Waals surface area (Å²) in [6.45, 7) is 10.3. The third kappa shape index (κ3) is 4.76. The Hall–Kier alpha value is -1.20. The standard InChI is InChI=1S/C17H22OS/c1-12(2)15-8-6-9-16(13(3)4)17(15)10-7-11-19-14(5)18/h6,8-9,12-13H,11H2,1-5H3. The lowest BCUT2D eigenvalue weighted by Crippen LogP contribution is -2.00. The number of hydrogen-bond acceptors (Lipinski definition) is 2. The molecule has 0 aliphatic heterocycles. The maximum absolute atomic E-state index is 10.9. The van der Waals surface area contributed by atoms with Crippen molar-refractivity contribution in [2.24, 2.45) is 0 Å². The van der Waals surface area contributed by atoms with E-state index in [0.717, 1.165) is 5.56 Å². The molecule has 1 aromatic rings. The van der Waals surface area contributed by atoms with E-state index in [1.807, 2.05) is 0 Å². The molecule has 0 aliphatic rings. The monoisotopic (exact) mass is 274 g/mol. The van der Waals surface area contributed by atoms with Crippen molar-refractivity contribution in [3.63, 3.8) is 0 Å². The number of carbonyl (C=O) groups is 1. The summed E-state index contributed by atoms with van der Waals surface area (Å²) in [6.07, 6.45) is 0. The normalized spacial score (nSPS) is 10.5. The molecule has 0 bridgehead atoms. The van der Waals surface area contributed by atoms with Crippen molar-refractivity contribution < 1.29 is 4.79 Å². The van der Waals surface area contributed by atoms with E-state index in [9.17, 15) is 4.79 Å². The number of rotatable bonds is 3. The molecule has 0 saturated heterocycles. The fraction of sp³-hybridized carbons (Fsp3) is 0.471. The van der Waals surface area contributed by atoms with Gasteiger partial charge in [-0.15, -0.1) is 0 Å². The van der Waals surface area contributed by atoms with Gasteiger partial charge in [0, 0.05) is 12.5 Å². The van der Waals surface area contributed by atoms with Crippen molar-refractivity contribution in [1.29, 1.82) is 0 Å². The Morgan fingerprint density at radius 1 is 1.16 bits per heavy atom. The molecule has 19 heavy (non-hydrogen) atoms. The average molecular weight is 274 g/mol. The Kier molecular flexibility index (Phi) is 6.18. The summed E-state index contributed by atoms with van der Waals surface area (Å²) in [5.41, 5.74) is 3.75. The molecule has 0 aliphatic carbocycles. The molecule has 0 amide bonds. The van der Waals surface area contributed by atoms with Crippen molar-refractivity contribution in [1.82, 2.24) is 0 Å². The number of carbonyl (C=O) groups excluding carboxylic acids is 1. The molecular weight excluding hydrogens is 252 g/mol. The third-order valence-corrected chi connectivity index (χ3v) is 3.63. The summed E-state index contributed by atoms with van der Waals surface area (Å²) < 4.78 is 0. The van der Waals surface area contributed by atoms with Crippen LogP contribution >= 0.6 is 11.8 Å². The van der Waals surface area contributed by atoms with Gasteiger partial charge >= 0.3 is 0 Å². The van der Waals surface area contributed by atoms with Crippen LogP contribution in [0, 0.1) is 11.8 Å². The van der Waals surface area contributed by atoms with Gasteiger partial charge in [0.15, 0.2) is 5.12 Å². The van der Waals surface area contributed by atoms with E-state index in [4.69, 9.17) is 0 Å². The van der Waals surface area contributed by atoms with Gasteiger partial charge in [-0.3, -0.25) is 4.79 Å². The van der Waals surface area contributed by atoms with Crippen LogP contribution in [0.15, 0.2) is 18.2 Å². The van der Waals surface area contributed by atoms with Crippen molar-refractivity contribution in [3.8, 4) is 11.8 Å². The summed E-state index contributed by atoms with van der Waals surface area (Å²) >= 11 is 1.27. The van der Waals surface area contributed by atoms with Crippen LogP contribution in [0.3, 0.4) is 0 Å². The molecule has 0 N–H and O–H groups in total. The van der Waals surface area contributed by atoms with Crippen molar-refractivity contribution in [2.45, 2.75) is 46.5 Å². The van der Waals surface area contributed by atoms with Gasteiger partial charge in [0.25, 0.3) is 0 Å². The van der Waals surface area contributed by atoms with Crippen LogP contribution in [0.4, 0.5) is 0 Å². The van der Waals surface area contributed by atoms with Crippen LogP contribution in [0.2, 0.25) is 0 Å². The highest BCUT2D eigenvalue weighted by Crippen LogP contribution is 2.26. The maximum atomic E-state index is 10.9. The molecular formula is C17H22OS. The Morgan fingerprint density at radius 2 is 1.68 bits per heavy atom. The molecule has 0 heterocycles. The Balaban J connectivity index is 3.10. The third-order valence-electron chi connectivity index (χ3n) is 2.93. The van der Waals surface area contributed by atoms with E-state index >= 15 is 0 Å². The summed E-state index contributed by atoms with van der Waals surface area (Å²) in [6, 6.07) is 6.41. The first kappa shape index (κ1) is 15.9. The van der Waals surface area contributed by atoms with E-state index in [1.54, 1.807) is 6.92 Å². The predicted octanol–water partition coefficient (Wildman–Crippen LogP) is 4.56. The highest BCUT2D eigenvalue weighted by atomic mass is 32.2. The van der Waals surface area contributed by atoms with E-state index in [1.165, 1.54) is 22.9 Å². The van der Waals surface area contributed by atoms with E-state index in [0.29, 0.717) is 17.6 Å². The van der Waals surface area contributed by atoms with Crippen LogP contribution in [0.1, 0.15) is 63.1 Å². The van der Waals surface area contributed by atoms with Crippen molar-refractivity contribution in [3.05, 3.63) is 34.9 Å². The van der Waals surface area contributed by atoms with Crippen LogP contribution in [-0.4, -0.2) is 10.9 Å². The lowest BCUT2D eigenvalue weighted by atomic mass is 9.89. The summed E-state index contributed by atoms with van der Waals surface area (Å²) in [4.78, 5) is 10.9. The summed E-state index contributed by atoms with van der Waals surface area (Å²) in [5.74, 6) is 7.88. The fourth-order valence-corrected chi connectivity index (χ4v) is 2.31. The Bertz CT molecular complexity index is 477. The molecule has 1 nitrogen and oxygen atoms in total. The smallest absolute Gasteiger partial charge is 0.186 e. The average Bonchev–Trinajstić information content (AvgIpc) is 2.33. The molecule has 0 spiro atoms. The van der Waals surface area contributed by atoms with E-state index < -0.39 is 0 Å². The zero-order valence-corrected chi connectivity index (χ0v) is 13.2. The van der Waals surface area contributed by atoms with E-state index in [-0.39, 0.29) is 5.12 Å². The fourth-order valence-electron chi connectivity index (χ4n) is 1.96. The first-order chi connectivity index (χ1) is 8.93. The molecule has 2 heteroatoms. The minimum absolute atomic E-state index is 0.121. The topological polar surface area (TPSA) is 17.1 Å². The SMILES string of the molecule is CC(=O)SCC#Cc1c(C(C)C)cccc1C(C)C. The minimum atomic E-state index is 0.121. The molecule has 1 rings (SSSR count). The molecule has 0 fully saturated rings. The van der Waals surface area contributed by atoms with Crippen molar-refractivity contribution in [2.75, 3.05) is 5.75 Å². The van der Waals surface area contributed by atoms with Gasteiger partial charge in [-0.25, -0.2) is 0 Å². The predicted molar refractivity (Wildman–Crippen MR) is 84.6 cm³/mol. The summed E-state index contributed by atoms with van der Waals surface area (Å²) in [5, 5.41) is 0.121. The van der Waals surface area contributed by atoms with Gasteiger partial charge < -0.3 is 0 Å². The second-order valence-corrected chi connectivity index (χ2v) is 6.36. The molecule has 0 unspecified atom stereocenters. The number of thioether (sulfide) groups is 1. The van der Waals surface area contributed by atoms with Gasteiger partial charge in [-0.1, -0.05) is 69.5 Å². The molecule has 0 aromatic heterocycles. The Morgan fingerprint density at radius 3 is 2.11 bits per heavy atom. The highest BCUT2D eigenvalue weighted by Gasteiger charge is 2.11. The molecule has 0 saturated carbocycles. The second-order valence-electron chi connectivity index (χ2n) is 5.20. The lowest BCUT2D eigenvalue weighted by Gasteiger charge is -2.15. The van der Waals surface area contributed by atoms with Gasteiger partial charge in [-0.05, 0) is 23.0 Å². The molecule has 1 aromatic carbocycles. The second kappa shape index (κ2) is 7.40. The number of hydrogen-bond donors (Lipinski definition) is 0. The molecule has 102 valence electrons. The lowest BCUT2D eigenvalue weighted by molar-refractivity contribution is -0.109. The zero-order chi connectivity index (χ0) is 14.4. The quantitative estimate of drug-likeness (QED) is 0.751. The first-order valence-corrected chi connectivity index (χ1v) is 7.67. The van der Waals surface area contributed by atoms with Gasteiger partial charge in [0.2, 0.25) is 0 Å². The Labute approximate surface area is 121 Å². The van der Waals surface area contributed by atoms with Crippen LogP contribution in [-0.2, 0) is 4.79 Å². The number of benzene rings is 1. The minimum Gasteiger partial charge on any atom is -0.288 e. The zero-order valence-electron chi connectivity index (χ0n) is 12.4. The maximum Gasteiger partial charge on any atom is 0.186 e. The van der Waals surface area contributed by atoms with E-state index in [2.05, 4.69) is 57.7 Å². The largest absolute Gasteiger partial charge is 0.288 e. The van der Waals surface area contributed by atoms with Gasteiger partial charge in [0.1, 0.15) is 0 Å². The molecule has 0 atom stereocenters. The summed E-state index contributed by atoms with van der Waals surface area (Å²) in [7, 11) is 0. The van der Waals surface area contributed by atoms with Gasteiger partial charge in [0.05, 0.1) is 5.75 Å². The van der Waals surface area contributed by atoms with Crippen LogP contribution in [0.25, 0.3) is 0 Å². The van der Waals surface area contributed by atoms with Crippen LogP contribution in [0.5, 0.6) is 0 Å². The van der Waals surface area contributed by atoms with Crippen molar-refractivity contribution >= 4 is 16.9 Å². The van der Waals surface area contributed by atoms with Crippen LogP contribution < -0.4 is 0 Å². The molecule has 0 radical (unpaired) electrons.